The van der Waals surface area contributed by atoms with E-state index >= 15 is 0 Å². The van der Waals surface area contributed by atoms with E-state index in [1.54, 1.807) is 12.1 Å². The number of amides is 1. The average Bonchev–Trinajstić information content (AvgIpc) is 2.65. The molecule has 2 atom stereocenters. The van der Waals surface area contributed by atoms with Crippen molar-refractivity contribution in [2.45, 2.75) is 18.9 Å². The van der Waals surface area contributed by atoms with E-state index in [9.17, 15) is 19.7 Å². The first-order valence-corrected chi connectivity index (χ1v) is 10.8. The van der Waals surface area contributed by atoms with Gasteiger partial charge in [-0.05, 0) is 50.3 Å². The van der Waals surface area contributed by atoms with Crippen molar-refractivity contribution in [1.82, 2.24) is 9.47 Å². The van der Waals surface area contributed by atoms with Crippen molar-refractivity contribution in [3.63, 3.8) is 0 Å². The maximum Gasteiger partial charge on any atom is 0.271 e. The number of halogens is 2. The first-order valence-electron chi connectivity index (χ1n) is 9.17. The van der Waals surface area contributed by atoms with E-state index in [1.165, 1.54) is 12.1 Å². The van der Waals surface area contributed by atoms with Gasteiger partial charge < -0.3 is 9.88 Å². The zero-order valence-electron chi connectivity index (χ0n) is 15.3. The Balaban J connectivity index is 1.45. The highest BCUT2D eigenvalue weighted by Crippen LogP contribution is 2.36. The number of rotatable bonds is 4. The van der Waals surface area contributed by atoms with E-state index in [0.717, 1.165) is 25.2 Å². The molecule has 4 rings (SSSR count). The molecule has 1 amide bonds. The molecule has 0 radical (unpaired) electrons. The van der Waals surface area contributed by atoms with E-state index in [-0.39, 0.29) is 29.6 Å². The van der Waals surface area contributed by atoms with Crippen LogP contribution in [0.2, 0.25) is 0 Å². The second-order valence-electron chi connectivity index (χ2n) is 7.48. The Hall–Kier alpha value is -2.04. The SMILES string of the molecule is O=C(CN1C[C@@H]2C[C@@H](C1)c1cccc(=O)n1C2)Nc1c(Br)cc([N+](=O)[O-])cc1Br. The highest BCUT2D eigenvalue weighted by Gasteiger charge is 2.35. The molecule has 10 heteroatoms. The van der Waals surface area contributed by atoms with Crippen LogP contribution in [-0.4, -0.2) is 39.9 Å². The Labute approximate surface area is 183 Å². The lowest BCUT2D eigenvalue weighted by Gasteiger charge is -2.42. The number of piperidine rings is 1. The van der Waals surface area contributed by atoms with Gasteiger partial charge in [0.15, 0.2) is 0 Å². The number of nitrogens with zero attached hydrogens (tertiary/aromatic N) is 3. The fourth-order valence-corrected chi connectivity index (χ4v) is 5.65. The van der Waals surface area contributed by atoms with Gasteiger partial charge in [-0.3, -0.25) is 24.6 Å². The second kappa shape index (κ2) is 8.00. The zero-order chi connectivity index (χ0) is 20.7. The van der Waals surface area contributed by atoms with Crippen LogP contribution >= 0.6 is 31.9 Å². The lowest BCUT2D eigenvalue weighted by atomic mass is 9.83. The standard InChI is InChI=1S/C19H18Br2N4O4/c20-14-5-13(25(28)29)6-15(21)19(14)22-17(26)10-23-7-11-4-12(9-23)16-2-1-3-18(27)24(16)8-11/h1-3,5-6,11-12H,4,7-10H2,(H,22,26)/t11-,12-/m0/s1. The zero-order valence-corrected chi connectivity index (χ0v) is 18.5. The minimum absolute atomic E-state index is 0.0382. The molecule has 2 bridgehead atoms. The summed E-state index contributed by atoms with van der Waals surface area (Å²) in [6.45, 7) is 2.38. The van der Waals surface area contributed by atoms with E-state index < -0.39 is 4.92 Å². The Bertz CT molecular complexity index is 1030. The molecule has 0 saturated carbocycles. The summed E-state index contributed by atoms with van der Waals surface area (Å²) >= 11 is 6.58. The quantitative estimate of drug-likeness (QED) is 0.487. The molecule has 2 aliphatic heterocycles. The molecule has 3 heterocycles. The normalized spacial score (nSPS) is 20.8. The molecule has 2 aromatic rings. The predicted molar refractivity (Wildman–Crippen MR) is 115 cm³/mol. The number of aromatic nitrogens is 1. The first kappa shape index (κ1) is 20.2. The lowest BCUT2D eigenvalue weighted by molar-refractivity contribution is -0.385. The molecule has 0 spiro atoms. The number of nitrogens with one attached hydrogen (secondary N) is 1. The van der Waals surface area contributed by atoms with E-state index in [4.69, 9.17) is 0 Å². The Morgan fingerprint density at radius 3 is 2.62 bits per heavy atom. The number of pyridine rings is 1. The maximum atomic E-state index is 12.6. The summed E-state index contributed by atoms with van der Waals surface area (Å²) in [6, 6.07) is 8.11. The molecule has 0 aliphatic carbocycles. The molecule has 1 saturated heterocycles. The molecular weight excluding hydrogens is 508 g/mol. The third-order valence-corrected chi connectivity index (χ3v) is 6.68. The summed E-state index contributed by atoms with van der Waals surface area (Å²) < 4.78 is 2.74. The Kier molecular flexibility index (Phi) is 5.58. The summed E-state index contributed by atoms with van der Waals surface area (Å²) in [7, 11) is 0. The van der Waals surface area contributed by atoms with Crippen LogP contribution in [0, 0.1) is 16.0 Å². The minimum Gasteiger partial charge on any atom is -0.323 e. The van der Waals surface area contributed by atoms with Gasteiger partial charge in [-0.1, -0.05) is 6.07 Å². The van der Waals surface area contributed by atoms with Gasteiger partial charge in [-0.15, -0.1) is 0 Å². The minimum atomic E-state index is -0.489. The molecule has 29 heavy (non-hydrogen) atoms. The molecule has 8 nitrogen and oxygen atoms in total. The van der Waals surface area contributed by atoms with E-state index in [1.807, 2.05) is 10.6 Å². The van der Waals surface area contributed by atoms with Gasteiger partial charge in [0, 0.05) is 58.4 Å². The highest BCUT2D eigenvalue weighted by atomic mass is 79.9. The lowest BCUT2D eigenvalue weighted by Crippen LogP contribution is -2.49. The number of nitro benzene ring substituents is 1. The van der Waals surface area contributed by atoms with E-state index in [0.29, 0.717) is 27.1 Å². The summed E-state index contributed by atoms with van der Waals surface area (Å²) in [6.07, 6.45) is 1.03. The monoisotopic (exact) mass is 524 g/mol. The summed E-state index contributed by atoms with van der Waals surface area (Å²) in [5, 5.41) is 13.8. The number of likely N-dealkylation sites (tertiary alicyclic amines) is 1. The second-order valence-corrected chi connectivity index (χ2v) is 9.19. The van der Waals surface area contributed by atoms with Gasteiger partial charge in [0.05, 0.1) is 17.2 Å². The fraction of sp³-hybridized carbons (Fsp3) is 0.368. The molecule has 2 aliphatic rings. The number of carbonyl (C=O) groups excluding carboxylic acids is 1. The number of hydrogen-bond donors (Lipinski definition) is 1. The van der Waals surface area contributed by atoms with Crippen LogP contribution in [0.1, 0.15) is 18.0 Å². The molecule has 1 fully saturated rings. The molecule has 1 aromatic carbocycles. The van der Waals surface area contributed by atoms with Gasteiger partial charge in [-0.25, -0.2) is 0 Å². The molecule has 1 N–H and O–H groups in total. The number of hydrogen-bond acceptors (Lipinski definition) is 5. The van der Waals surface area contributed by atoms with Crippen LogP contribution in [-0.2, 0) is 11.3 Å². The van der Waals surface area contributed by atoms with Crippen LogP contribution in [0.5, 0.6) is 0 Å². The average molecular weight is 526 g/mol. The number of nitro groups is 1. The van der Waals surface area contributed by atoms with Crippen molar-refractivity contribution < 1.29 is 9.72 Å². The summed E-state index contributed by atoms with van der Waals surface area (Å²) in [5.74, 6) is 0.389. The number of carbonyl (C=O) groups is 1. The third kappa shape index (κ3) is 4.15. The van der Waals surface area contributed by atoms with Gasteiger partial charge in [0.2, 0.25) is 5.91 Å². The largest absolute Gasteiger partial charge is 0.323 e. The van der Waals surface area contributed by atoms with Crippen molar-refractivity contribution in [3.8, 4) is 0 Å². The van der Waals surface area contributed by atoms with Crippen molar-refractivity contribution >= 4 is 49.1 Å². The van der Waals surface area contributed by atoms with Crippen molar-refractivity contribution in [1.29, 1.82) is 0 Å². The van der Waals surface area contributed by atoms with Crippen LogP contribution in [0.15, 0.2) is 44.1 Å². The Morgan fingerprint density at radius 2 is 1.93 bits per heavy atom. The van der Waals surface area contributed by atoms with Crippen LogP contribution in [0.3, 0.4) is 0 Å². The predicted octanol–water partition coefficient (Wildman–Crippen LogP) is 3.34. The number of non-ortho nitro benzene ring substituents is 1. The fourth-order valence-electron chi connectivity index (χ4n) is 4.29. The van der Waals surface area contributed by atoms with Crippen LogP contribution < -0.4 is 10.9 Å². The molecule has 0 unspecified atom stereocenters. The number of fused-ring (bicyclic) bond motifs is 4. The summed E-state index contributed by atoms with van der Waals surface area (Å²) in [5.41, 5.74) is 1.48. The van der Waals surface area contributed by atoms with E-state index in [2.05, 4.69) is 42.1 Å². The van der Waals surface area contributed by atoms with Crippen molar-refractivity contribution in [3.05, 3.63) is 65.4 Å². The number of anilines is 1. The highest BCUT2D eigenvalue weighted by molar-refractivity contribution is 9.11. The number of benzene rings is 1. The maximum absolute atomic E-state index is 12.6. The van der Waals surface area contributed by atoms with Crippen molar-refractivity contribution in [2.75, 3.05) is 25.0 Å². The summed E-state index contributed by atoms with van der Waals surface area (Å²) in [4.78, 5) is 37.3. The third-order valence-electron chi connectivity index (χ3n) is 5.42. The van der Waals surface area contributed by atoms with Gasteiger partial charge in [-0.2, -0.15) is 0 Å². The van der Waals surface area contributed by atoms with Gasteiger partial charge >= 0.3 is 0 Å². The van der Waals surface area contributed by atoms with Gasteiger partial charge in [0.1, 0.15) is 0 Å². The molecule has 1 aromatic heterocycles. The molecule has 152 valence electrons. The molecular formula is C19H18Br2N4O4. The van der Waals surface area contributed by atoms with Gasteiger partial charge in [0.25, 0.3) is 11.2 Å². The topological polar surface area (TPSA) is 97.5 Å². The van der Waals surface area contributed by atoms with Crippen molar-refractivity contribution in [2.24, 2.45) is 5.92 Å². The Morgan fingerprint density at radius 1 is 1.21 bits per heavy atom. The smallest absolute Gasteiger partial charge is 0.271 e. The van der Waals surface area contributed by atoms with Crippen LogP contribution in [0.25, 0.3) is 0 Å². The first-order chi connectivity index (χ1) is 13.8. The van der Waals surface area contributed by atoms with Crippen LogP contribution in [0.4, 0.5) is 11.4 Å².